The summed E-state index contributed by atoms with van der Waals surface area (Å²) in [6.07, 6.45) is 8.35. The fourth-order valence-corrected chi connectivity index (χ4v) is 4.47. The van der Waals surface area contributed by atoms with Crippen LogP contribution in [0.1, 0.15) is 63.9 Å². The summed E-state index contributed by atoms with van der Waals surface area (Å²) >= 11 is 6.63. The van der Waals surface area contributed by atoms with E-state index < -0.39 is 5.97 Å². The number of hydrogen-bond acceptors (Lipinski definition) is 7. The van der Waals surface area contributed by atoms with Crippen molar-refractivity contribution < 1.29 is 24.2 Å². The molecule has 1 aliphatic heterocycles. The van der Waals surface area contributed by atoms with E-state index in [9.17, 15) is 14.7 Å². The second kappa shape index (κ2) is 13.4. The van der Waals surface area contributed by atoms with Crippen LogP contribution in [0.2, 0.25) is 0 Å². The number of thioether (sulfide) groups is 1. The predicted molar refractivity (Wildman–Crippen MR) is 126 cm³/mol. The van der Waals surface area contributed by atoms with E-state index in [1.165, 1.54) is 24.6 Å². The van der Waals surface area contributed by atoms with E-state index >= 15 is 0 Å². The van der Waals surface area contributed by atoms with Crippen LogP contribution in [0.3, 0.4) is 0 Å². The summed E-state index contributed by atoms with van der Waals surface area (Å²) in [5.74, 6) is 0.162. The summed E-state index contributed by atoms with van der Waals surface area (Å²) in [6, 6.07) is 5.62. The Labute approximate surface area is 194 Å². The van der Waals surface area contributed by atoms with Gasteiger partial charge in [0.1, 0.15) is 4.32 Å². The van der Waals surface area contributed by atoms with Crippen LogP contribution in [-0.4, -0.2) is 41.4 Å². The first-order chi connectivity index (χ1) is 15.0. The Balaban J connectivity index is 1.95. The lowest BCUT2D eigenvalue weighted by Gasteiger charge is -2.14. The highest BCUT2D eigenvalue weighted by atomic mass is 32.2. The quantitative estimate of drug-likeness (QED) is 0.232. The molecule has 0 spiro atoms. The van der Waals surface area contributed by atoms with Gasteiger partial charge in [0.05, 0.1) is 18.6 Å². The number of unbranched alkanes of at least 4 members (excludes halogenated alkanes) is 5. The van der Waals surface area contributed by atoms with Crippen LogP contribution in [0.25, 0.3) is 6.08 Å². The molecule has 0 atom stereocenters. The largest absolute Gasteiger partial charge is 0.550 e. The average molecular weight is 465 g/mol. The second-order valence-corrected chi connectivity index (χ2v) is 9.01. The molecule has 1 aromatic carbocycles. The standard InChI is InChI=1S/C23H31NO5S2/c1-3-4-5-9-14-29-18-12-11-17(15-19(18)28-2)16-20-22(27)24(23(30)31-20)13-8-6-7-10-21(25)26/h11-12,15-16H,3-10,13-14H2,1-2H3,(H,25,26)/p-1/b20-16-. The molecule has 1 fully saturated rings. The number of benzene rings is 1. The van der Waals surface area contributed by atoms with Crippen molar-refractivity contribution in [3.8, 4) is 11.5 Å². The van der Waals surface area contributed by atoms with E-state index in [-0.39, 0.29) is 12.3 Å². The van der Waals surface area contributed by atoms with E-state index in [1.54, 1.807) is 12.0 Å². The van der Waals surface area contributed by atoms with E-state index in [1.807, 2.05) is 24.3 Å². The predicted octanol–water partition coefficient (Wildman–Crippen LogP) is 4.17. The molecule has 1 heterocycles. The highest BCUT2D eigenvalue weighted by Crippen LogP contribution is 2.35. The Morgan fingerprint density at radius 1 is 1.16 bits per heavy atom. The minimum atomic E-state index is -1.04. The number of rotatable bonds is 14. The molecule has 1 aromatic rings. The lowest BCUT2D eigenvalue weighted by Crippen LogP contribution is -2.29. The zero-order valence-electron chi connectivity index (χ0n) is 18.2. The highest BCUT2D eigenvalue weighted by molar-refractivity contribution is 8.26. The van der Waals surface area contributed by atoms with E-state index in [0.29, 0.717) is 53.1 Å². The second-order valence-electron chi connectivity index (χ2n) is 7.34. The number of amides is 1. The molecule has 0 radical (unpaired) electrons. The molecule has 0 N–H and O–H groups in total. The number of carbonyl (C=O) groups is 2. The van der Waals surface area contributed by atoms with Crippen molar-refractivity contribution in [1.82, 2.24) is 4.90 Å². The molecular formula is C23H30NO5S2-. The normalized spacial score (nSPS) is 15.0. The molecule has 170 valence electrons. The SMILES string of the molecule is CCCCCCOc1ccc(/C=C2\SC(=S)N(CCCCCC(=O)[O-])C2=O)cc1OC. The molecule has 1 aliphatic rings. The smallest absolute Gasteiger partial charge is 0.266 e. The molecule has 1 saturated heterocycles. The first kappa shape index (κ1) is 25.2. The van der Waals surface area contributed by atoms with Crippen LogP contribution >= 0.6 is 24.0 Å². The third-order valence-electron chi connectivity index (χ3n) is 4.88. The van der Waals surface area contributed by atoms with Gasteiger partial charge in [0, 0.05) is 12.5 Å². The fraction of sp³-hybridized carbons (Fsp3) is 0.522. The average Bonchev–Trinajstić information content (AvgIpc) is 3.01. The zero-order chi connectivity index (χ0) is 22.6. The van der Waals surface area contributed by atoms with Gasteiger partial charge in [-0.15, -0.1) is 0 Å². The Hall–Kier alpha value is -2.06. The number of carbonyl (C=O) groups excluding carboxylic acids is 2. The summed E-state index contributed by atoms with van der Waals surface area (Å²) in [6.45, 7) is 3.32. The van der Waals surface area contributed by atoms with Gasteiger partial charge in [-0.1, -0.05) is 62.7 Å². The molecule has 1 amide bonds. The van der Waals surface area contributed by atoms with E-state index in [0.717, 1.165) is 18.4 Å². The van der Waals surface area contributed by atoms with Crippen LogP contribution in [0.15, 0.2) is 23.1 Å². The van der Waals surface area contributed by atoms with Gasteiger partial charge in [-0.25, -0.2) is 0 Å². The Morgan fingerprint density at radius 3 is 2.65 bits per heavy atom. The zero-order valence-corrected chi connectivity index (χ0v) is 19.8. The van der Waals surface area contributed by atoms with E-state index in [2.05, 4.69) is 6.92 Å². The first-order valence-electron chi connectivity index (χ1n) is 10.7. The summed E-state index contributed by atoms with van der Waals surface area (Å²) in [5.41, 5.74) is 0.838. The molecule has 8 heteroatoms. The van der Waals surface area contributed by atoms with Crippen molar-refractivity contribution >= 4 is 46.3 Å². The summed E-state index contributed by atoms with van der Waals surface area (Å²) in [5, 5.41) is 10.5. The minimum absolute atomic E-state index is 0.0403. The van der Waals surface area contributed by atoms with Crippen LogP contribution in [0.5, 0.6) is 11.5 Å². The van der Waals surface area contributed by atoms with Gasteiger partial charge in [0.15, 0.2) is 11.5 Å². The maximum Gasteiger partial charge on any atom is 0.266 e. The Bertz CT molecular complexity index is 809. The van der Waals surface area contributed by atoms with Crippen LogP contribution in [0, 0.1) is 0 Å². The Kier molecular flexibility index (Phi) is 10.9. The van der Waals surface area contributed by atoms with Crippen molar-refractivity contribution in [2.24, 2.45) is 0 Å². The number of thiocarbonyl (C=S) groups is 1. The monoisotopic (exact) mass is 464 g/mol. The van der Waals surface area contributed by atoms with Gasteiger partial charge in [0.2, 0.25) is 0 Å². The lowest BCUT2D eigenvalue weighted by molar-refractivity contribution is -0.305. The first-order valence-corrected chi connectivity index (χ1v) is 11.9. The van der Waals surface area contributed by atoms with Crippen LogP contribution < -0.4 is 14.6 Å². The lowest BCUT2D eigenvalue weighted by atomic mass is 10.1. The Morgan fingerprint density at radius 2 is 1.94 bits per heavy atom. The van der Waals surface area contributed by atoms with E-state index in [4.69, 9.17) is 21.7 Å². The van der Waals surface area contributed by atoms with Crippen LogP contribution in [0.4, 0.5) is 0 Å². The highest BCUT2D eigenvalue weighted by Gasteiger charge is 2.31. The molecular weight excluding hydrogens is 434 g/mol. The molecule has 0 unspecified atom stereocenters. The van der Waals surface area contributed by atoms with Gasteiger partial charge in [-0.05, 0) is 49.5 Å². The summed E-state index contributed by atoms with van der Waals surface area (Å²) in [7, 11) is 1.60. The number of nitrogens with zero attached hydrogens (tertiary/aromatic N) is 1. The fourth-order valence-electron chi connectivity index (χ4n) is 3.16. The number of hydrogen-bond donors (Lipinski definition) is 0. The third-order valence-corrected chi connectivity index (χ3v) is 6.25. The molecule has 0 saturated carbocycles. The molecule has 2 rings (SSSR count). The maximum atomic E-state index is 12.7. The molecule has 0 aliphatic carbocycles. The van der Waals surface area contributed by atoms with Crippen molar-refractivity contribution in [3.63, 3.8) is 0 Å². The van der Waals surface area contributed by atoms with Crippen molar-refractivity contribution in [3.05, 3.63) is 28.7 Å². The van der Waals surface area contributed by atoms with Gasteiger partial charge >= 0.3 is 0 Å². The van der Waals surface area contributed by atoms with Gasteiger partial charge in [-0.2, -0.15) is 0 Å². The molecule has 6 nitrogen and oxygen atoms in total. The van der Waals surface area contributed by atoms with Crippen molar-refractivity contribution in [2.75, 3.05) is 20.3 Å². The summed E-state index contributed by atoms with van der Waals surface area (Å²) in [4.78, 5) is 25.3. The number of methoxy groups -OCH3 is 1. The summed E-state index contributed by atoms with van der Waals surface area (Å²) < 4.78 is 11.8. The number of ether oxygens (including phenoxy) is 2. The number of carboxylic acid groups (broad SMARTS) is 1. The van der Waals surface area contributed by atoms with Gasteiger partial charge < -0.3 is 19.4 Å². The van der Waals surface area contributed by atoms with Crippen LogP contribution in [-0.2, 0) is 9.59 Å². The number of carboxylic acids is 1. The van der Waals surface area contributed by atoms with Gasteiger partial charge in [0.25, 0.3) is 5.91 Å². The maximum absolute atomic E-state index is 12.7. The molecule has 31 heavy (non-hydrogen) atoms. The minimum Gasteiger partial charge on any atom is -0.550 e. The van der Waals surface area contributed by atoms with Crippen molar-refractivity contribution in [1.29, 1.82) is 0 Å². The molecule has 0 bridgehead atoms. The molecule has 0 aromatic heterocycles. The third kappa shape index (κ3) is 8.18. The topological polar surface area (TPSA) is 78.9 Å². The van der Waals surface area contributed by atoms with Gasteiger partial charge in [-0.3, -0.25) is 9.69 Å². The van der Waals surface area contributed by atoms with Crippen molar-refractivity contribution in [2.45, 2.75) is 58.3 Å². The number of aliphatic carboxylic acids is 1.